The molecule has 0 bridgehead atoms. The number of fused-ring (bicyclic) bond motifs is 2. The Hall–Kier alpha value is -3.66. The first-order chi connectivity index (χ1) is 16.3. The maximum atomic E-state index is 13.3. The summed E-state index contributed by atoms with van der Waals surface area (Å²) >= 11 is 0. The topological polar surface area (TPSA) is 113 Å². The highest BCUT2D eigenvalue weighted by Gasteiger charge is 2.26. The molecule has 1 fully saturated rings. The first-order valence-electron chi connectivity index (χ1n) is 11.7. The second-order valence-electron chi connectivity index (χ2n) is 8.95. The van der Waals surface area contributed by atoms with Crippen LogP contribution in [0.15, 0.2) is 24.7 Å². The van der Waals surface area contributed by atoms with Crippen molar-refractivity contribution in [2.75, 3.05) is 29.9 Å². The molecule has 178 valence electrons. The fraction of sp³-hybridized carbons (Fsp3) is 0.417. The van der Waals surface area contributed by atoms with Crippen LogP contribution in [0, 0.1) is 13.8 Å². The molecule has 0 radical (unpaired) electrons. The number of hydrogen-bond acceptors (Lipinski definition) is 7. The van der Waals surface area contributed by atoms with Gasteiger partial charge in [-0.3, -0.25) is 14.5 Å². The van der Waals surface area contributed by atoms with Crippen LogP contribution in [0.4, 0.5) is 11.5 Å². The zero-order valence-electron chi connectivity index (χ0n) is 20.0. The lowest BCUT2D eigenvalue weighted by Gasteiger charge is -2.34. The van der Waals surface area contributed by atoms with E-state index < -0.39 is 5.91 Å². The third-order valence-corrected chi connectivity index (χ3v) is 6.39. The van der Waals surface area contributed by atoms with Gasteiger partial charge in [0.2, 0.25) is 0 Å². The third-order valence-electron chi connectivity index (χ3n) is 6.39. The molecule has 5 rings (SSSR count). The predicted octanol–water partition coefficient (Wildman–Crippen LogP) is 2.77. The Labute approximate surface area is 197 Å². The van der Waals surface area contributed by atoms with Crippen LogP contribution < -0.4 is 15.5 Å². The number of aryl methyl sites for hydroxylation is 3. The number of nitrogens with one attached hydrogen (secondary N) is 2. The van der Waals surface area contributed by atoms with E-state index in [9.17, 15) is 9.90 Å². The fourth-order valence-corrected chi connectivity index (χ4v) is 4.90. The van der Waals surface area contributed by atoms with Crippen molar-refractivity contribution in [2.24, 2.45) is 7.05 Å². The molecule has 0 spiro atoms. The normalized spacial score (nSPS) is 14.9. The first-order valence-corrected chi connectivity index (χ1v) is 11.7. The molecule has 10 heteroatoms. The number of rotatable bonds is 5. The van der Waals surface area contributed by atoms with Gasteiger partial charge in [0.1, 0.15) is 16.8 Å². The summed E-state index contributed by atoms with van der Waals surface area (Å²) in [6.45, 7) is 8.62. The van der Waals surface area contributed by atoms with Crippen LogP contribution in [0.3, 0.4) is 0 Å². The molecule has 3 N–H and O–H groups in total. The summed E-state index contributed by atoms with van der Waals surface area (Å²) < 4.78 is 3.52. The number of carbonyl (C=O) groups excluding carboxylic acids is 1. The molecule has 4 heterocycles. The quantitative estimate of drug-likeness (QED) is 0.418. The van der Waals surface area contributed by atoms with Gasteiger partial charge >= 0.3 is 0 Å². The average Bonchev–Trinajstić information content (AvgIpc) is 3.36. The number of aromatic nitrogens is 5. The second kappa shape index (κ2) is 8.60. The number of amides is 1. The van der Waals surface area contributed by atoms with E-state index in [0.29, 0.717) is 23.0 Å². The molecular formula is C24H30N8O2. The molecular weight excluding hydrogens is 432 g/mol. The van der Waals surface area contributed by atoms with Gasteiger partial charge in [-0.25, -0.2) is 4.98 Å². The van der Waals surface area contributed by atoms with Gasteiger partial charge < -0.3 is 25.0 Å². The highest BCUT2D eigenvalue weighted by molar-refractivity contribution is 6.15. The smallest absolute Gasteiger partial charge is 0.262 e. The summed E-state index contributed by atoms with van der Waals surface area (Å²) in [6.07, 6.45) is 7.55. The standard InChI is InChI=1S/C24H30N8O2/c1-5-25-16-6-8-31(9-7-16)18-10-19(33)21(22-17(18)12-30(4)29-22)24(34)28-20-13-32-11-14(2)26-15(3)23(32)27-20/h10-13,16,25,33H,5-9H2,1-4H3,(H,28,34). The molecule has 34 heavy (non-hydrogen) atoms. The van der Waals surface area contributed by atoms with Gasteiger partial charge in [0, 0.05) is 50.0 Å². The molecule has 3 aromatic heterocycles. The molecule has 1 amide bonds. The number of carbonyl (C=O) groups is 1. The second-order valence-corrected chi connectivity index (χ2v) is 8.95. The van der Waals surface area contributed by atoms with Crippen LogP contribution in [0.25, 0.3) is 16.6 Å². The fourth-order valence-electron chi connectivity index (χ4n) is 4.90. The zero-order chi connectivity index (χ0) is 24.0. The number of benzene rings is 1. The van der Waals surface area contributed by atoms with Crippen molar-refractivity contribution in [2.45, 2.75) is 39.7 Å². The van der Waals surface area contributed by atoms with Crippen molar-refractivity contribution >= 4 is 34.0 Å². The maximum absolute atomic E-state index is 13.3. The Balaban J connectivity index is 1.47. The summed E-state index contributed by atoms with van der Waals surface area (Å²) in [5.41, 5.74) is 3.82. The van der Waals surface area contributed by atoms with E-state index >= 15 is 0 Å². The minimum Gasteiger partial charge on any atom is -0.507 e. The van der Waals surface area contributed by atoms with E-state index in [1.54, 1.807) is 16.9 Å². The number of aromatic hydroxyl groups is 1. The van der Waals surface area contributed by atoms with Gasteiger partial charge in [0.15, 0.2) is 11.5 Å². The number of hydrogen-bond donors (Lipinski definition) is 3. The van der Waals surface area contributed by atoms with Crippen LogP contribution >= 0.6 is 0 Å². The summed E-state index contributed by atoms with van der Waals surface area (Å²) in [5, 5.41) is 22.7. The number of phenols is 1. The molecule has 10 nitrogen and oxygen atoms in total. The Morgan fingerprint density at radius 3 is 2.68 bits per heavy atom. The minimum absolute atomic E-state index is 0.0926. The Bertz CT molecular complexity index is 1380. The van der Waals surface area contributed by atoms with E-state index in [1.165, 1.54) is 0 Å². The SMILES string of the molecule is CCNC1CCN(c2cc(O)c(C(=O)Nc3cn4cc(C)nc(C)c4n3)c3nn(C)cc23)CC1. The maximum Gasteiger partial charge on any atom is 0.262 e. The van der Waals surface area contributed by atoms with Crippen molar-refractivity contribution in [3.63, 3.8) is 0 Å². The van der Waals surface area contributed by atoms with Crippen LogP contribution in [-0.4, -0.2) is 60.8 Å². The highest BCUT2D eigenvalue weighted by atomic mass is 16.3. The molecule has 0 saturated carbocycles. The van der Waals surface area contributed by atoms with Gasteiger partial charge in [0.05, 0.1) is 23.3 Å². The van der Waals surface area contributed by atoms with E-state index in [1.807, 2.05) is 37.7 Å². The molecule has 4 aromatic rings. The lowest BCUT2D eigenvalue weighted by Crippen LogP contribution is -2.42. The van der Waals surface area contributed by atoms with Gasteiger partial charge in [-0.1, -0.05) is 6.92 Å². The number of anilines is 2. The predicted molar refractivity (Wildman–Crippen MR) is 132 cm³/mol. The summed E-state index contributed by atoms with van der Waals surface area (Å²) in [7, 11) is 1.82. The van der Waals surface area contributed by atoms with Crippen LogP contribution in [-0.2, 0) is 7.05 Å². The molecule has 0 aliphatic carbocycles. The van der Waals surface area contributed by atoms with Crippen molar-refractivity contribution < 1.29 is 9.90 Å². The van der Waals surface area contributed by atoms with Crippen LogP contribution in [0.2, 0.25) is 0 Å². The third kappa shape index (κ3) is 3.94. The Morgan fingerprint density at radius 2 is 1.94 bits per heavy atom. The minimum atomic E-state index is -0.454. The lowest BCUT2D eigenvalue weighted by atomic mass is 10.0. The molecule has 1 aliphatic heterocycles. The van der Waals surface area contributed by atoms with Crippen molar-refractivity contribution in [3.05, 3.63) is 41.6 Å². The van der Waals surface area contributed by atoms with E-state index in [4.69, 9.17) is 0 Å². The van der Waals surface area contributed by atoms with Crippen LogP contribution in [0.1, 0.15) is 41.5 Å². The van der Waals surface area contributed by atoms with Crippen molar-refractivity contribution in [3.8, 4) is 5.75 Å². The van der Waals surface area contributed by atoms with Crippen molar-refractivity contribution in [1.82, 2.24) is 29.5 Å². The Morgan fingerprint density at radius 1 is 1.18 bits per heavy atom. The monoisotopic (exact) mass is 462 g/mol. The van der Waals surface area contributed by atoms with Crippen molar-refractivity contribution in [1.29, 1.82) is 0 Å². The zero-order valence-corrected chi connectivity index (χ0v) is 20.0. The van der Waals surface area contributed by atoms with E-state index in [0.717, 1.165) is 54.9 Å². The van der Waals surface area contributed by atoms with E-state index in [-0.39, 0.29) is 11.3 Å². The van der Waals surface area contributed by atoms with Gasteiger partial charge in [-0.2, -0.15) is 5.10 Å². The Kier molecular flexibility index (Phi) is 5.60. The molecule has 0 atom stereocenters. The summed E-state index contributed by atoms with van der Waals surface area (Å²) in [6, 6.07) is 2.20. The summed E-state index contributed by atoms with van der Waals surface area (Å²) in [4.78, 5) is 24.5. The summed E-state index contributed by atoms with van der Waals surface area (Å²) in [5.74, 6) is -0.159. The van der Waals surface area contributed by atoms with Gasteiger partial charge in [-0.15, -0.1) is 0 Å². The highest BCUT2D eigenvalue weighted by Crippen LogP contribution is 2.36. The van der Waals surface area contributed by atoms with Crippen LogP contribution in [0.5, 0.6) is 5.75 Å². The lowest BCUT2D eigenvalue weighted by molar-refractivity contribution is 0.102. The molecule has 1 aromatic carbocycles. The number of phenolic OH excluding ortho intramolecular Hbond substituents is 1. The molecule has 1 aliphatic rings. The first kappa shape index (κ1) is 22.1. The number of nitrogens with zero attached hydrogens (tertiary/aromatic N) is 6. The van der Waals surface area contributed by atoms with Gasteiger partial charge in [0.25, 0.3) is 5.91 Å². The number of piperidine rings is 1. The number of imidazole rings is 1. The average molecular weight is 463 g/mol. The van der Waals surface area contributed by atoms with Gasteiger partial charge in [-0.05, 0) is 33.2 Å². The largest absolute Gasteiger partial charge is 0.507 e. The van der Waals surface area contributed by atoms with E-state index in [2.05, 4.69) is 37.5 Å². The molecule has 1 saturated heterocycles. The molecule has 0 unspecified atom stereocenters.